The summed E-state index contributed by atoms with van der Waals surface area (Å²) in [6, 6.07) is 11.9. The second kappa shape index (κ2) is 5.18. The molecule has 2 heteroatoms. The van der Waals surface area contributed by atoms with Crippen LogP contribution in [0.1, 0.15) is 5.56 Å². The minimum absolute atomic E-state index is 0.275. The first kappa shape index (κ1) is 11.2. The Bertz CT molecular complexity index is 555. The van der Waals surface area contributed by atoms with Crippen LogP contribution in [0.4, 0.5) is 0 Å². The van der Waals surface area contributed by atoms with E-state index in [1.54, 1.807) is 12.3 Å². The summed E-state index contributed by atoms with van der Waals surface area (Å²) < 4.78 is 5.37. The Labute approximate surface area is 101 Å². The van der Waals surface area contributed by atoms with Crippen LogP contribution in [-0.4, -0.2) is 11.6 Å². The molecule has 2 rings (SSSR count). The summed E-state index contributed by atoms with van der Waals surface area (Å²) in [5.41, 5.74) is 3.18. The van der Waals surface area contributed by atoms with Crippen molar-refractivity contribution in [2.24, 2.45) is 0 Å². The van der Waals surface area contributed by atoms with E-state index in [1.807, 2.05) is 18.2 Å². The highest BCUT2D eigenvalue weighted by Gasteiger charge is 2.01. The molecule has 0 saturated carbocycles. The summed E-state index contributed by atoms with van der Waals surface area (Å²) in [5.74, 6) is 3.19. The number of hydrogen-bond acceptors (Lipinski definition) is 2. The topological polar surface area (TPSA) is 22.1 Å². The molecule has 1 aromatic heterocycles. The van der Waals surface area contributed by atoms with Gasteiger partial charge in [0, 0.05) is 17.8 Å². The number of rotatable bonds is 3. The largest absolute Gasteiger partial charge is 0.481 e. The maximum Gasteiger partial charge on any atom is 0.148 e. The summed E-state index contributed by atoms with van der Waals surface area (Å²) in [5, 5.41) is 0. The van der Waals surface area contributed by atoms with Crippen LogP contribution < -0.4 is 4.74 Å². The van der Waals surface area contributed by atoms with Crippen LogP contribution in [-0.2, 0) is 0 Å². The molecular formula is C15H13NO. The lowest BCUT2D eigenvalue weighted by molar-refractivity contribution is 0.370. The summed E-state index contributed by atoms with van der Waals surface area (Å²) in [6.45, 7) is 2.33. The first-order chi connectivity index (χ1) is 8.29. The predicted octanol–water partition coefficient (Wildman–Crippen LogP) is 3.07. The van der Waals surface area contributed by atoms with Gasteiger partial charge in [0.1, 0.15) is 12.4 Å². The Hall–Kier alpha value is -2.27. The lowest BCUT2D eigenvalue weighted by Crippen LogP contribution is -1.94. The molecule has 0 amide bonds. The molecule has 0 fully saturated rings. The van der Waals surface area contributed by atoms with Crippen LogP contribution in [0.3, 0.4) is 0 Å². The SMILES string of the molecule is C#CCOc1ccnc(-c2cccc(C)c2)c1. The fraction of sp³-hybridized carbons (Fsp3) is 0.133. The fourth-order valence-corrected chi connectivity index (χ4v) is 1.59. The minimum Gasteiger partial charge on any atom is -0.481 e. The zero-order valence-electron chi connectivity index (χ0n) is 9.68. The van der Waals surface area contributed by atoms with Crippen molar-refractivity contribution in [3.05, 3.63) is 48.2 Å². The van der Waals surface area contributed by atoms with E-state index in [-0.39, 0.29) is 6.61 Å². The molecule has 1 heterocycles. The summed E-state index contributed by atoms with van der Waals surface area (Å²) >= 11 is 0. The van der Waals surface area contributed by atoms with Gasteiger partial charge in [-0.1, -0.05) is 29.7 Å². The number of aryl methyl sites for hydroxylation is 1. The van der Waals surface area contributed by atoms with Crippen molar-refractivity contribution in [3.8, 4) is 29.4 Å². The van der Waals surface area contributed by atoms with E-state index in [9.17, 15) is 0 Å². The van der Waals surface area contributed by atoms with Crippen LogP contribution in [0.25, 0.3) is 11.3 Å². The third kappa shape index (κ3) is 2.85. The molecule has 2 nitrogen and oxygen atoms in total. The van der Waals surface area contributed by atoms with Gasteiger partial charge in [0.2, 0.25) is 0 Å². The van der Waals surface area contributed by atoms with Gasteiger partial charge in [0.05, 0.1) is 5.69 Å². The number of hydrogen-bond donors (Lipinski definition) is 0. The van der Waals surface area contributed by atoms with E-state index in [2.05, 4.69) is 30.0 Å². The van der Waals surface area contributed by atoms with Gasteiger partial charge in [-0.15, -0.1) is 6.42 Å². The third-order valence-corrected chi connectivity index (χ3v) is 2.37. The molecular weight excluding hydrogens is 210 g/mol. The average Bonchev–Trinajstić information content (AvgIpc) is 2.37. The summed E-state index contributed by atoms with van der Waals surface area (Å²) in [7, 11) is 0. The van der Waals surface area contributed by atoms with Crippen LogP contribution in [0.2, 0.25) is 0 Å². The van der Waals surface area contributed by atoms with Crippen molar-refractivity contribution in [1.82, 2.24) is 4.98 Å². The second-order valence-corrected chi connectivity index (χ2v) is 3.74. The average molecular weight is 223 g/mol. The van der Waals surface area contributed by atoms with Crippen molar-refractivity contribution < 1.29 is 4.74 Å². The Kier molecular flexibility index (Phi) is 3.42. The molecule has 0 aliphatic rings. The fourth-order valence-electron chi connectivity index (χ4n) is 1.59. The highest BCUT2D eigenvalue weighted by molar-refractivity contribution is 5.61. The van der Waals surface area contributed by atoms with Crippen LogP contribution in [0, 0.1) is 19.3 Å². The van der Waals surface area contributed by atoms with E-state index in [4.69, 9.17) is 11.2 Å². The van der Waals surface area contributed by atoms with Gasteiger partial charge in [-0.25, -0.2) is 0 Å². The van der Waals surface area contributed by atoms with Gasteiger partial charge in [0.25, 0.3) is 0 Å². The van der Waals surface area contributed by atoms with Crippen LogP contribution >= 0.6 is 0 Å². The molecule has 0 unspecified atom stereocenters. The van der Waals surface area contributed by atoms with Gasteiger partial charge in [-0.3, -0.25) is 4.98 Å². The third-order valence-electron chi connectivity index (χ3n) is 2.37. The van der Waals surface area contributed by atoms with E-state index < -0.39 is 0 Å². The summed E-state index contributed by atoms with van der Waals surface area (Å²) in [6.07, 6.45) is 6.88. The number of benzene rings is 1. The molecule has 17 heavy (non-hydrogen) atoms. The molecule has 0 spiro atoms. The zero-order valence-corrected chi connectivity index (χ0v) is 9.68. The second-order valence-electron chi connectivity index (χ2n) is 3.74. The Morgan fingerprint density at radius 3 is 2.94 bits per heavy atom. The van der Waals surface area contributed by atoms with Crippen molar-refractivity contribution in [2.45, 2.75) is 6.92 Å². The zero-order chi connectivity index (χ0) is 12.1. The van der Waals surface area contributed by atoms with Crippen molar-refractivity contribution in [2.75, 3.05) is 6.61 Å². The molecule has 0 atom stereocenters. The molecule has 0 radical (unpaired) electrons. The van der Waals surface area contributed by atoms with E-state index >= 15 is 0 Å². The van der Waals surface area contributed by atoms with E-state index in [0.29, 0.717) is 0 Å². The summed E-state index contributed by atoms with van der Waals surface area (Å²) in [4.78, 5) is 4.33. The molecule has 1 aromatic carbocycles. The van der Waals surface area contributed by atoms with Gasteiger partial charge >= 0.3 is 0 Å². The molecule has 0 N–H and O–H groups in total. The van der Waals surface area contributed by atoms with Crippen LogP contribution in [0.15, 0.2) is 42.6 Å². The molecule has 0 aliphatic heterocycles. The van der Waals surface area contributed by atoms with Crippen molar-refractivity contribution in [3.63, 3.8) is 0 Å². The number of ether oxygens (including phenoxy) is 1. The van der Waals surface area contributed by atoms with Gasteiger partial charge in [0.15, 0.2) is 0 Å². The van der Waals surface area contributed by atoms with Gasteiger partial charge in [-0.2, -0.15) is 0 Å². The number of terminal acetylenes is 1. The highest BCUT2D eigenvalue weighted by Crippen LogP contribution is 2.22. The normalized spacial score (nSPS) is 9.65. The molecule has 0 aliphatic carbocycles. The Morgan fingerprint density at radius 1 is 1.29 bits per heavy atom. The van der Waals surface area contributed by atoms with Gasteiger partial charge < -0.3 is 4.74 Å². The highest BCUT2D eigenvalue weighted by atomic mass is 16.5. The molecule has 0 saturated heterocycles. The number of nitrogens with zero attached hydrogens (tertiary/aromatic N) is 1. The number of pyridine rings is 1. The first-order valence-corrected chi connectivity index (χ1v) is 5.39. The van der Waals surface area contributed by atoms with Crippen LogP contribution in [0.5, 0.6) is 5.75 Å². The van der Waals surface area contributed by atoms with E-state index in [0.717, 1.165) is 17.0 Å². The monoisotopic (exact) mass is 223 g/mol. The van der Waals surface area contributed by atoms with E-state index in [1.165, 1.54) is 5.56 Å². The smallest absolute Gasteiger partial charge is 0.148 e. The van der Waals surface area contributed by atoms with Crippen molar-refractivity contribution in [1.29, 1.82) is 0 Å². The van der Waals surface area contributed by atoms with Gasteiger partial charge in [-0.05, 0) is 19.1 Å². The maximum absolute atomic E-state index is 5.37. The molecule has 2 aromatic rings. The quantitative estimate of drug-likeness (QED) is 0.746. The predicted molar refractivity (Wildman–Crippen MR) is 68.7 cm³/mol. The lowest BCUT2D eigenvalue weighted by Gasteiger charge is -2.05. The molecule has 0 bridgehead atoms. The Morgan fingerprint density at radius 2 is 2.18 bits per heavy atom. The number of aromatic nitrogens is 1. The molecule has 84 valence electrons. The van der Waals surface area contributed by atoms with Crippen molar-refractivity contribution >= 4 is 0 Å². The lowest BCUT2D eigenvalue weighted by atomic mass is 10.1. The standard InChI is InChI=1S/C15H13NO/c1-3-9-17-14-7-8-16-15(11-14)13-6-4-5-12(2)10-13/h1,4-8,10-11H,9H2,2H3. The Balaban J connectivity index is 2.30. The first-order valence-electron chi connectivity index (χ1n) is 5.39. The maximum atomic E-state index is 5.37. The minimum atomic E-state index is 0.275.